The number of aryl methyl sites for hydroxylation is 1. The topological polar surface area (TPSA) is 50.9 Å². The predicted octanol–water partition coefficient (Wildman–Crippen LogP) is 1.15. The Labute approximate surface area is 73.0 Å². The van der Waals surface area contributed by atoms with Crippen molar-refractivity contribution in [2.45, 2.75) is 13.3 Å². The summed E-state index contributed by atoms with van der Waals surface area (Å²) in [6.07, 6.45) is 2.83. The summed E-state index contributed by atoms with van der Waals surface area (Å²) in [6.45, 7) is 3.62. The van der Waals surface area contributed by atoms with E-state index in [1.165, 1.54) is 0 Å². The molecule has 0 unspecified atom stereocenters. The number of aromatic nitrogens is 1. The third kappa shape index (κ3) is 2.88. The van der Waals surface area contributed by atoms with E-state index in [2.05, 4.69) is 10.3 Å². The molecule has 0 saturated carbocycles. The highest BCUT2D eigenvalue weighted by molar-refractivity contribution is 5.40. The zero-order chi connectivity index (χ0) is 8.81. The van der Waals surface area contributed by atoms with E-state index in [9.17, 15) is 0 Å². The van der Waals surface area contributed by atoms with Gasteiger partial charge in [-0.3, -0.25) is 4.98 Å². The van der Waals surface area contributed by atoms with Gasteiger partial charge in [0.25, 0.3) is 0 Å². The normalized spacial score (nSPS) is 9.83. The molecule has 0 atom stereocenters. The molecule has 1 rings (SSSR count). The van der Waals surface area contributed by atoms with Crippen molar-refractivity contribution < 1.29 is 0 Å². The lowest BCUT2D eigenvalue weighted by Gasteiger charge is -2.04. The molecule has 0 spiro atoms. The van der Waals surface area contributed by atoms with Crippen molar-refractivity contribution in [2.24, 2.45) is 5.73 Å². The summed E-state index contributed by atoms with van der Waals surface area (Å²) >= 11 is 0. The Balaban J connectivity index is 2.37. The summed E-state index contributed by atoms with van der Waals surface area (Å²) in [5.74, 6) is 0. The van der Waals surface area contributed by atoms with Crippen LogP contribution in [0, 0.1) is 6.92 Å². The molecule has 0 aromatic carbocycles. The molecule has 0 radical (unpaired) electrons. The van der Waals surface area contributed by atoms with E-state index in [0.29, 0.717) is 0 Å². The molecule has 0 fully saturated rings. The van der Waals surface area contributed by atoms with Gasteiger partial charge in [0.05, 0.1) is 11.9 Å². The van der Waals surface area contributed by atoms with E-state index in [4.69, 9.17) is 5.73 Å². The Morgan fingerprint density at radius 1 is 1.50 bits per heavy atom. The first kappa shape index (κ1) is 9.00. The van der Waals surface area contributed by atoms with Crippen molar-refractivity contribution in [1.82, 2.24) is 4.98 Å². The zero-order valence-corrected chi connectivity index (χ0v) is 7.38. The summed E-state index contributed by atoms with van der Waals surface area (Å²) in [6, 6.07) is 4.02. The summed E-state index contributed by atoms with van der Waals surface area (Å²) in [5, 5.41) is 3.23. The van der Waals surface area contributed by atoms with E-state index >= 15 is 0 Å². The van der Waals surface area contributed by atoms with Crippen molar-refractivity contribution in [1.29, 1.82) is 0 Å². The molecule has 1 aromatic rings. The number of hydrogen-bond donors (Lipinski definition) is 2. The molecule has 3 nitrogen and oxygen atoms in total. The first-order valence-corrected chi connectivity index (χ1v) is 4.19. The maximum absolute atomic E-state index is 5.36. The van der Waals surface area contributed by atoms with Crippen LogP contribution in [0.2, 0.25) is 0 Å². The van der Waals surface area contributed by atoms with E-state index in [0.717, 1.165) is 30.9 Å². The highest BCUT2D eigenvalue weighted by atomic mass is 14.9. The first-order valence-electron chi connectivity index (χ1n) is 4.19. The molecule has 3 heteroatoms. The number of nitrogens with two attached hydrogens (primary N) is 1. The standard InChI is InChI=1S/C9H15N3/c1-8-3-4-9(7-12-8)11-6-2-5-10/h3-4,7,11H,2,5-6,10H2,1H3. The Hall–Kier alpha value is -1.09. The second-order valence-electron chi connectivity index (χ2n) is 2.76. The second kappa shape index (κ2) is 4.72. The van der Waals surface area contributed by atoms with Crippen LogP contribution in [0.1, 0.15) is 12.1 Å². The fraction of sp³-hybridized carbons (Fsp3) is 0.444. The molecule has 1 heterocycles. The Morgan fingerprint density at radius 2 is 2.33 bits per heavy atom. The third-order valence-electron chi connectivity index (χ3n) is 1.62. The number of nitrogens with one attached hydrogen (secondary N) is 1. The molecule has 0 aliphatic rings. The van der Waals surface area contributed by atoms with Crippen LogP contribution in [0.4, 0.5) is 5.69 Å². The molecule has 1 aromatic heterocycles. The lowest BCUT2D eigenvalue weighted by Crippen LogP contribution is -2.08. The van der Waals surface area contributed by atoms with Crippen LogP contribution in [-0.2, 0) is 0 Å². The van der Waals surface area contributed by atoms with Gasteiger partial charge in [-0.2, -0.15) is 0 Å². The average molecular weight is 165 g/mol. The van der Waals surface area contributed by atoms with Gasteiger partial charge in [0.1, 0.15) is 0 Å². The van der Waals surface area contributed by atoms with Gasteiger partial charge in [-0.05, 0) is 32.0 Å². The summed E-state index contributed by atoms with van der Waals surface area (Å²) in [4.78, 5) is 4.16. The molecule has 66 valence electrons. The van der Waals surface area contributed by atoms with Gasteiger partial charge in [0.2, 0.25) is 0 Å². The van der Waals surface area contributed by atoms with Crippen molar-refractivity contribution in [3.8, 4) is 0 Å². The Kier molecular flexibility index (Phi) is 3.54. The van der Waals surface area contributed by atoms with Crippen LogP contribution in [0.5, 0.6) is 0 Å². The maximum Gasteiger partial charge on any atom is 0.0526 e. The number of hydrogen-bond acceptors (Lipinski definition) is 3. The monoisotopic (exact) mass is 165 g/mol. The summed E-state index contributed by atoms with van der Waals surface area (Å²) in [7, 11) is 0. The lowest BCUT2D eigenvalue weighted by atomic mass is 10.3. The largest absolute Gasteiger partial charge is 0.384 e. The van der Waals surface area contributed by atoms with Crippen molar-refractivity contribution in [3.05, 3.63) is 24.0 Å². The third-order valence-corrected chi connectivity index (χ3v) is 1.62. The van der Waals surface area contributed by atoms with Crippen LogP contribution in [0.3, 0.4) is 0 Å². The summed E-state index contributed by atoms with van der Waals surface area (Å²) in [5.41, 5.74) is 7.47. The Bertz CT molecular complexity index is 218. The zero-order valence-electron chi connectivity index (χ0n) is 7.38. The molecule has 0 bridgehead atoms. The molecule has 0 amide bonds. The molecule has 0 aliphatic carbocycles. The second-order valence-corrected chi connectivity index (χ2v) is 2.76. The lowest BCUT2D eigenvalue weighted by molar-refractivity contribution is 0.873. The van der Waals surface area contributed by atoms with Crippen LogP contribution in [0.15, 0.2) is 18.3 Å². The van der Waals surface area contributed by atoms with Crippen molar-refractivity contribution in [3.63, 3.8) is 0 Å². The van der Waals surface area contributed by atoms with Crippen LogP contribution in [0.25, 0.3) is 0 Å². The predicted molar refractivity (Wildman–Crippen MR) is 51.1 cm³/mol. The van der Waals surface area contributed by atoms with Crippen molar-refractivity contribution >= 4 is 5.69 Å². The quantitative estimate of drug-likeness (QED) is 0.658. The minimum Gasteiger partial charge on any atom is -0.384 e. The number of pyridine rings is 1. The maximum atomic E-state index is 5.36. The Morgan fingerprint density at radius 3 is 2.92 bits per heavy atom. The number of nitrogens with zero attached hydrogens (tertiary/aromatic N) is 1. The van der Waals surface area contributed by atoms with Crippen LogP contribution < -0.4 is 11.1 Å². The molecular weight excluding hydrogens is 150 g/mol. The average Bonchev–Trinajstić information content (AvgIpc) is 2.09. The van der Waals surface area contributed by atoms with E-state index < -0.39 is 0 Å². The van der Waals surface area contributed by atoms with Gasteiger partial charge in [0, 0.05) is 12.2 Å². The number of rotatable bonds is 4. The highest BCUT2D eigenvalue weighted by Crippen LogP contribution is 2.04. The van der Waals surface area contributed by atoms with Gasteiger partial charge >= 0.3 is 0 Å². The fourth-order valence-electron chi connectivity index (χ4n) is 0.907. The van der Waals surface area contributed by atoms with Gasteiger partial charge in [-0.15, -0.1) is 0 Å². The molecular formula is C9H15N3. The van der Waals surface area contributed by atoms with E-state index in [1.54, 1.807) is 0 Å². The smallest absolute Gasteiger partial charge is 0.0526 e. The van der Waals surface area contributed by atoms with Crippen molar-refractivity contribution in [2.75, 3.05) is 18.4 Å². The first-order chi connectivity index (χ1) is 5.83. The summed E-state index contributed by atoms with van der Waals surface area (Å²) < 4.78 is 0. The molecule has 3 N–H and O–H groups in total. The number of anilines is 1. The van der Waals surface area contributed by atoms with E-state index in [-0.39, 0.29) is 0 Å². The van der Waals surface area contributed by atoms with Crippen LogP contribution in [-0.4, -0.2) is 18.1 Å². The highest BCUT2D eigenvalue weighted by Gasteiger charge is 1.90. The van der Waals surface area contributed by atoms with Gasteiger partial charge in [0.15, 0.2) is 0 Å². The minimum atomic E-state index is 0.728. The molecule has 12 heavy (non-hydrogen) atoms. The van der Waals surface area contributed by atoms with Gasteiger partial charge in [-0.1, -0.05) is 0 Å². The van der Waals surface area contributed by atoms with Gasteiger partial charge < -0.3 is 11.1 Å². The SMILES string of the molecule is Cc1ccc(NCCCN)cn1. The minimum absolute atomic E-state index is 0.728. The molecule has 0 aliphatic heterocycles. The van der Waals surface area contributed by atoms with Gasteiger partial charge in [-0.25, -0.2) is 0 Å². The fourth-order valence-corrected chi connectivity index (χ4v) is 0.907. The molecule has 0 saturated heterocycles. The van der Waals surface area contributed by atoms with E-state index in [1.807, 2.05) is 25.3 Å². The van der Waals surface area contributed by atoms with Crippen LogP contribution >= 0.6 is 0 Å².